The number of aromatic nitrogens is 1. The number of benzene rings is 2. The van der Waals surface area contributed by atoms with Gasteiger partial charge in [0.1, 0.15) is 0 Å². The van der Waals surface area contributed by atoms with E-state index in [0.29, 0.717) is 26.2 Å². The van der Waals surface area contributed by atoms with Crippen LogP contribution in [-0.4, -0.2) is 22.2 Å². The molecule has 28 heavy (non-hydrogen) atoms. The number of halogens is 2. The first-order valence-corrected chi connectivity index (χ1v) is 9.68. The van der Waals surface area contributed by atoms with E-state index >= 15 is 0 Å². The third kappa shape index (κ3) is 5.10. The zero-order valence-electron chi connectivity index (χ0n) is 14.6. The fourth-order valence-corrected chi connectivity index (χ4v) is 3.16. The molecule has 0 aliphatic carbocycles. The van der Waals surface area contributed by atoms with E-state index in [-0.39, 0.29) is 11.5 Å². The lowest BCUT2D eigenvalue weighted by molar-refractivity contribution is -0.140. The average molecular weight is 436 g/mol. The van der Waals surface area contributed by atoms with Gasteiger partial charge in [-0.25, -0.2) is 4.79 Å². The Labute approximate surface area is 176 Å². The molecule has 1 atom stereocenters. The van der Waals surface area contributed by atoms with E-state index in [0.717, 1.165) is 12.0 Å². The van der Waals surface area contributed by atoms with Crippen LogP contribution < -0.4 is 4.74 Å². The van der Waals surface area contributed by atoms with Crippen LogP contribution in [-0.2, 0) is 8.98 Å². The number of hydrogen-bond acceptors (Lipinski definition) is 6. The summed E-state index contributed by atoms with van der Waals surface area (Å²) < 4.78 is 10.7. The van der Waals surface area contributed by atoms with Crippen LogP contribution in [0, 0.1) is 0 Å². The topological polar surface area (TPSA) is 68.7 Å². The highest BCUT2D eigenvalue weighted by molar-refractivity contribution is 7.95. The summed E-state index contributed by atoms with van der Waals surface area (Å²) in [4.78, 5) is 17.0. The second kappa shape index (κ2) is 9.19. The highest BCUT2D eigenvalue weighted by Crippen LogP contribution is 2.33. The standard InChI is InChI=1S/C20H15Cl2NO4S/c1-12(20(25)27-28-19-5-3-2-4-15(19)22)26-18-9-6-13(10-17(18)24)16-8-7-14(21)11-23-16/h2-12,24H,1H3. The molecule has 0 saturated heterocycles. The van der Waals surface area contributed by atoms with Gasteiger partial charge >= 0.3 is 5.97 Å². The van der Waals surface area contributed by atoms with Crippen molar-refractivity contribution in [2.75, 3.05) is 0 Å². The largest absolute Gasteiger partial charge is 0.504 e. The zero-order valence-corrected chi connectivity index (χ0v) is 17.0. The molecule has 3 rings (SSSR count). The summed E-state index contributed by atoms with van der Waals surface area (Å²) in [6.45, 7) is 1.53. The maximum Gasteiger partial charge on any atom is 0.359 e. The van der Waals surface area contributed by atoms with E-state index in [2.05, 4.69) is 4.98 Å². The molecule has 2 aromatic carbocycles. The van der Waals surface area contributed by atoms with Crippen molar-refractivity contribution in [2.24, 2.45) is 0 Å². The lowest BCUT2D eigenvalue weighted by Crippen LogP contribution is -2.24. The van der Waals surface area contributed by atoms with E-state index in [1.54, 1.807) is 48.5 Å². The number of pyridine rings is 1. The Hall–Kier alpha value is -2.41. The third-order valence-electron chi connectivity index (χ3n) is 3.67. The van der Waals surface area contributed by atoms with Crippen molar-refractivity contribution < 1.29 is 18.8 Å². The highest BCUT2D eigenvalue weighted by atomic mass is 35.5. The number of rotatable bonds is 6. The van der Waals surface area contributed by atoms with Crippen LogP contribution >= 0.6 is 35.2 Å². The minimum atomic E-state index is -0.930. The van der Waals surface area contributed by atoms with Gasteiger partial charge in [-0.15, -0.1) is 0 Å². The summed E-state index contributed by atoms with van der Waals surface area (Å²) in [7, 11) is 0. The van der Waals surface area contributed by atoms with Crippen LogP contribution in [0.15, 0.2) is 65.7 Å². The molecule has 8 heteroatoms. The molecular weight excluding hydrogens is 421 g/mol. The Morgan fingerprint density at radius 1 is 1.14 bits per heavy atom. The van der Waals surface area contributed by atoms with Gasteiger partial charge in [0.25, 0.3) is 0 Å². The number of phenols is 1. The van der Waals surface area contributed by atoms with Crippen molar-refractivity contribution in [3.05, 3.63) is 70.8 Å². The van der Waals surface area contributed by atoms with Crippen LogP contribution in [0.2, 0.25) is 10.0 Å². The zero-order chi connectivity index (χ0) is 20.1. The fourth-order valence-electron chi connectivity index (χ4n) is 2.23. The first-order chi connectivity index (χ1) is 13.4. The Morgan fingerprint density at radius 2 is 1.93 bits per heavy atom. The first-order valence-electron chi connectivity index (χ1n) is 8.18. The van der Waals surface area contributed by atoms with Crippen LogP contribution in [0.25, 0.3) is 11.3 Å². The van der Waals surface area contributed by atoms with Crippen LogP contribution in [0.5, 0.6) is 11.5 Å². The Morgan fingerprint density at radius 3 is 2.61 bits per heavy atom. The molecule has 1 N–H and O–H groups in total. The summed E-state index contributed by atoms with van der Waals surface area (Å²) in [5.74, 6) is -0.565. The second-order valence-electron chi connectivity index (χ2n) is 5.72. The average Bonchev–Trinajstić information content (AvgIpc) is 2.69. The predicted octanol–water partition coefficient (Wildman–Crippen LogP) is 5.78. The molecule has 0 aliphatic heterocycles. The normalized spacial score (nSPS) is 11.7. The summed E-state index contributed by atoms with van der Waals surface area (Å²) in [6, 6.07) is 15.2. The van der Waals surface area contributed by atoms with Gasteiger partial charge in [-0.2, -0.15) is 0 Å². The van der Waals surface area contributed by atoms with Crippen molar-refractivity contribution in [1.82, 2.24) is 4.98 Å². The molecule has 0 radical (unpaired) electrons. The van der Waals surface area contributed by atoms with E-state index in [4.69, 9.17) is 32.1 Å². The lowest BCUT2D eigenvalue weighted by Gasteiger charge is -2.15. The second-order valence-corrected chi connectivity index (χ2v) is 7.34. The van der Waals surface area contributed by atoms with Crippen LogP contribution in [0.4, 0.5) is 0 Å². The number of nitrogens with zero attached hydrogens (tertiary/aromatic N) is 1. The van der Waals surface area contributed by atoms with Crippen molar-refractivity contribution in [3.8, 4) is 22.8 Å². The lowest BCUT2D eigenvalue weighted by atomic mass is 10.1. The van der Waals surface area contributed by atoms with Gasteiger partial charge in [0.05, 0.1) is 32.7 Å². The number of aromatic hydroxyl groups is 1. The quantitative estimate of drug-likeness (QED) is 0.494. The summed E-state index contributed by atoms with van der Waals surface area (Å²) in [5, 5.41) is 11.2. The highest BCUT2D eigenvalue weighted by Gasteiger charge is 2.20. The summed E-state index contributed by atoms with van der Waals surface area (Å²) >= 11 is 12.7. The molecule has 0 aliphatic rings. The Balaban J connectivity index is 1.63. The number of phenolic OH excluding ortho intramolecular Hbond substituents is 1. The Kier molecular flexibility index (Phi) is 6.67. The maximum absolute atomic E-state index is 12.1. The minimum absolute atomic E-state index is 0.118. The molecule has 1 aromatic heterocycles. The van der Waals surface area contributed by atoms with Gasteiger partial charge in [-0.1, -0.05) is 35.3 Å². The molecule has 1 unspecified atom stereocenters. The number of carbonyl (C=O) groups excluding carboxylic acids is 1. The van der Waals surface area contributed by atoms with Gasteiger partial charge in [-0.05, 0) is 49.4 Å². The smallest absolute Gasteiger partial charge is 0.359 e. The van der Waals surface area contributed by atoms with Gasteiger partial charge in [0, 0.05) is 11.8 Å². The number of hydrogen-bond donors (Lipinski definition) is 1. The Bertz CT molecular complexity index is 982. The molecule has 5 nitrogen and oxygen atoms in total. The van der Waals surface area contributed by atoms with Gasteiger partial charge in [0.2, 0.25) is 0 Å². The van der Waals surface area contributed by atoms with E-state index in [1.165, 1.54) is 19.2 Å². The predicted molar refractivity (Wildman–Crippen MR) is 110 cm³/mol. The van der Waals surface area contributed by atoms with Crippen molar-refractivity contribution >= 4 is 41.2 Å². The van der Waals surface area contributed by atoms with Crippen LogP contribution in [0.1, 0.15) is 6.92 Å². The molecule has 0 saturated carbocycles. The number of ether oxygens (including phenoxy) is 1. The molecular formula is C20H15Cl2NO4S. The molecule has 3 aromatic rings. The molecule has 0 bridgehead atoms. The summed E-state index contributed by atoms with van der Waals surface area (Å²) in [5.41, 5.74) is 1.33. The van der Waals surface area contributed by atoms with E-state index in [1.807, 2.05) is 0 Å². The maximum atomic E-state index is 12.1. The van der Waals surface area contributed by atoms with E-state index in [9.17, 15) is 9.90 Å². The fraction of sp³-hybridized carbons (Fsp3) is 0.100. The van der Waals surface area contributed by atoms with E-state index < -0.39 is 12.1 Å². The minimum Gasteiger partial charge on any atom is -0.504 e. The molecule has 1 heterocycles. The van der Waals surface area contributed by atoms with Gasteiger partial charge in [-0.3, -0.25) is 4.98 Å². The van der Waals surface area contributed by atoms with Gasteiger partial charge in [0.15, 0.2) is 17.6 Å². The van der Waals surface area contributed by atoms with Crippen molar-refractivity contribution in [1.29, 1.82) is 0 Å². The van der Waals surface area contributed by atoms with Crippen molar-refractivity contribution in [2.45, 2.75) is 17.9 Å². The van der Waals surface area contributed by atoms with Crippen LogP contribution in [0.3, 0.4) is 0 Å². The molecule has 0 spiro atoms. The summed E-state index contributed by atoms with van der Waals surface area (Å²) in [6.07, 6.45) is 0.591. The first kappa shape index (κ1) is 20.3. The molecule has 0 amide bonds. The van der Waals surface area contributed by atoms with Gasteiger partial charge < -0.3 is 14.0 Å². The SMILES string of the molecule is CC(Oc1ccc(-c2ccc(Cl)cn2)cc1O)C(=O)OSc1ccccc1Cl. The van der Waals surface area contributed by atoms with Crippen molar-refractivity contribution in [3.63, 3.8) is 0 Å². The molecule has 144 valence electrons. The monoisotopic (exact) mass is 435 g/mol. The number of carbonyl (C=O) groups is 1. The molecule has 0 fully saturated rings. The third-order valence-corrected chi connectivity index (χ3v) is 5.12.